The molecule has 0 aromatic rings. The Labute approximate surface area is 82.1 Å². The van der Waals surface area contributed by atoms with Gasteiger partial charge < -0.3 is 4.48 Å². The van der Waals surface area contributed by atoms with E-state index >= 15 is 0 Å². The van der Waals surface area contributed by atoms with Crippen molar-refractivity contribution in [2.45, 2.75) is 26.2 Å². The lowest BCUT2D eigenvalue weighted by molar-refractivity contribution is -0.941. The van der Waals surface area contributed by atoms with Gasteiger partial charge in [-0.1, -0.05) is 13.3 Å². The summed E-state index contributed by atoms with van der Waals surface area (Å²) in [6.07, 6.45) is 4.26. The summed E-state index contributed by atoms with van der Waals surface area (Å²) < 4.78 is 1.45. The molecule has 3 rings (SSSR count). The quantitative estimate of drug-likeness (QED) is 0.469. The van der Waals surface area contributed by atoms with E-state index in [4.69, 9.17) is 0 Å². The molecule has 0 unspecified atom stereocenters. The lowest BCUT2D eigenvalue weighted by atomic mass is 10.1. The Bertz CT molecular complexity index is 146. The molecule has 3 saturated heterocycles. The second-order valence-corrected chi connectivity index (χ2v) is 4.78. The molecule has 0 aromatic carbocycles. The first kappa shape index (κ1) is 9.47. The highest BCUT2D eigenvalue weighted by Crippen LogP contribution is 2.20. The van der Waals surface area contributed by atoms with Crippen LogP contribution in [0.1, 0.15) is 26.2 Å². The second kappa shape index (κ2) is 3.97. The van der Waals surface area contributed by atoms with E-state index in [1.54, 1.807) is 0 Å². The van der Waals surface area contributed by atoms with Crippen LogP contribution in [0.2, 0.25) is 0 Å². The smallest absolute Gasteiger partial charge is 0.0916 e. The molecule has 3 aliphatic rings. The summed E-state index contributed by atoms with van der Waals surface area (Å²) in [4.78, 5) is 2.62. The summed E-state index contributed by atoms with van der Waals surface area (Å²) in [5, 5.41) is 0. The van der Waals surface area contributed by atoms with Gasteiger partial charge in [0.2, 0.25) is 0 Å². The molecule has 0 amide bonds. The molecule has 2 heteroatoms. The molecule has 3 aliphatic heterocycles. The largest absolute Gasteiger partial charge is 0.320 e. The zero-order valence-electron chi connectivity index (χ0n) is 8.97. The lowest BCUT2D eigenvalue weighted by Gasteiger charge is -2.50. The highest BCUT2D eigenvalue weighted by atomic mass is 15.4. The van der Waals surface area contributed by atoms with Gasteiger partial charge in [0.05, 0.1) is 26.2 Å². The maximum Gasteiger partial charge on any atom is 0.0916 e. The Morgan fingerprint density at radius 2 is 1.62 bits per heavy atom. The number of unbranched alkanes of at least 4 members (excludes halogenated alkanes) is 2. The van der Waals surface area contributed by atoms with Crippen LogP contribution < -0.4 is 0 Å². The molecule has 0 aromatic heterocycles. The molecular formula is C11H23N2+. The molecule has 3 fully saturated rings. The van der Waals surface area contributed by atoms with E-state index in [1.807, 2.05) is 0 Å². The minimum Gasteiger partial charge on any atom is -0.320 e. The number of hydrogen-bond donors (Lipinski definition) is 0. The molecule has 3 heterocycles. The van der Waals surface area contributed by atoms with Gasteiger partial charge in [0.25, 0.3) is 0 Å². The van der Waals surface area contributed by atoms with Crippen molar-refractivity contribution in [1.29, 1.82) is 0 Å². The van der Waals surface area contributed by atoms with Crippen LogP contribution in [0.25, 0.3) is 0 Å². The van der Waals surface area contributed by atoms with Crippen molar-refractivity contribution < 1.29 is 4.48 Å². The van der Waals surface area contributed by atoms with E-state index in [0.717, 1.165) is 0 Å². The Hall–Kier alpha value is -0.0800. The summed E-state index contributed by atoms with van der Waals surface area (Å²) in [5.41, 5.74) is 0. The molecule has 0 radical (unpaired) electrons. The van der Waals surface area contributed by atoms with Crippen LogP contribution in [-0.2, 0) is 0 Å². The zero-order valence-corrected chi connectivity index (χ0v) is 8.97. The van der Waals surface area contributed by atoms with Crippen molar-refractivity contribution in [3.8, 4) is 0 Å². The van der Waals surface area contributed by atoms with Gasteiger partial charge in [-0.25, -0.2) is 0 Å². The standard InChI is InChI=1S/C11H23N2/c1-2-3-4-8-13-9-5-12(6-10-13)7-11-13/h2-11H2,1H3/q+1. The van der Waals surface area contributed by atoms with Gasteiger partial charge in [0.1, 0.15) is 0 Å². The molecule has 0 atom stereocenters. The topological polar surface area (TPSA) is 3.24 Å². The minimum absolute atomic E-state index is 1.37. The number of nitrogens with zero attached hydrogens (tertiary/aromatic N) is 2. The van der Waals surface area contributed by atoms with Crippen LogP contribution >= 0.6 is 0 Å². The SMILES string of the molecule is CCCCC[N+]12CCN(CC1)CC2. The lowest BCUT2D eigenvalue weighted by Crippen LogP contribution is -2.67. The van der Waals surface area contributed by atoms with Crippen LogP contribution in [0.4, 0.5) is 0 Å². The second-order valence-electron chi connectivity index (χ2n) is 4.78. The van der Waals surface area contributed by atoms with Crippen molar-refractivity contribution in [1.82, 2.24) is 4.90 Å². The maximum atomic E-state index is 2.62. The van der Waals surface area contributed by atoms with Crippen molar-refractivity contribution >= 4 is 0 Å². The van der Waals surface area contributed by atoms with Crippen molar-refractivity contribution in [2.24, 2.45) is 0 Å². The Morgan fingerprint density at radius 3 is 2.15 bits per heavy atom. The van der Waals surface area contributed by atoms with E-state index in [0.29, 0.717) is 0 Å². The van der Waals surface area contributed by atoms with Crippen LogP contribution in [0.3, 0.4) is 0 Å². The number of rotatable bonds is 4. The predicted molar refractivity (Wildman–Crippen MR) is 55.7 cm³/mol. The van der Waals surface area contributed by atoms with Gasteiger partial charge in [0, 0.05) is 19.6 Å². The molecular weight excluding hydrogens is 160 g/mol. The van der Waals surface area contributed by atoms with Crippen molar-refractivity contribution in [2.75, 3.05) is 45.8 Å². The molecule has 2 bridgehead atoms. The molecule has 0 aliphatic carbocycles. The van der Waals surface area contributed by atoms with Crippen LogP contribution in [0.5, 0.6) is 0 Å². The summed E-state index contributed by atoms with van der Waals surface area (Å²) in [7, 11) is 0. The Kier molecular flexibility index (Phi) is 2.89. The molecule has 76 valence electrons. The number of fused-ring (bicyclic) bond motifs is 3. The molecule has 0 spiro atoms. The summed E-state index contributed by atoms with van der Waals surface area (Å²) in [6, 6.07) is 0. The average molecular weight is 183 g/mol. The first-order chi connectivity index (χ1) is 6.35. The third-order valence-corrected chi connectivity index (χ3v) is 3.91. The van der Waals surface area contributed by atoms with E-state index in [2.05, 4.69) is 11.8 Å². The van der Waals surface area contributed by atoms with Crippen molar-refractivity contribution in [3.05, 3.63) is 0 Å². The van der Waals surface area contributed by atoms with E-state index in [-0.39, 0.29) is 0 Å². The van der Waals surface area contributed by atoms with Gasteiger partial charge in [0.15, 0.2) is 0 Å². The third-order valence-electron chi connectivity index (χ3n) is 3.91. The highest BCUT2D eigenvalue weighted by molar-refractivity contribution is 4.70. The molecule has 0 saturated carbocycles. The fourth-order valence-electron chi connectivity index (χ4n) is 2.76. The average Bonchev–Trinajstić information content (AvgIpc) is 2.21. The number of hydrogen-bond acceptors (Lipinski definition) is 1. The van der Waals surface area contributed by atoms with Crippen LogP contribution in [-0.4, -0.2) is 55.2 Å². The maximum absolute atomic E-state index is 2.62. The zero-order chi connectivity index (χ0) is 9.15. The van der Waals surface area contributed by atoms with Gasteiger partial charge in [-0.15, -0.1) is 0 Å². The van der Waals surface area contributed by atoms with Crippen LogP contribution in [0.15, 0.2) is 0 Å². The number of piperazine rings is 3. The highest BCUT2D eigenvalue weighted by Gasteiger charge is 2.37. The fraction of sp³-hybridized carbons (Fsp3) is 1.00. The van der Waals surface area contributed by atoms with Gasteiger partial charge in [-0.2, -0.15) is 0 Å². The van der Waals surface area contributed by atoms with Gasteiger partial charge >= 0.3 is 0 Å². The van der Waals surface area contributed by atoms with E-state index in [9.17, 15) is 0 Å². The monoisotopic (exact) mass is 183 g/mol. The summed E-state index contributed by atoms with van der Waals surface area (Å²) in [5.74, 6) is 0. The number of quaternary nitrogens is 1. The minimum atomic E-state index is 1.37. The summed E-state index contributed by atoms with van der Waals surface area (Å²) in [6.45, 7) is 12.2. The normalized spacial score (nSPS) is 38.1. The van der Waals surface area contributed by atoms with E-state index in [1.165, 1.54) is 69.6 Å². The molecule has 2 nitrogen and oxygen atoms in total. The Morgan fingerprint density at radius 1 is 1.00 bits per heavy atom. The van der Waals surface area contributed by atoms with Crippen molar-refractivity contribution in [3.63, 3.8) is 0 Å². The predicted octanol–water partition coefficient (Wildman–Crippen LogP) is 1.32. The van der Waals surface area contributed by atoms with E-state index < -0.39 is 0 Å². The first-order valence-electron chi connectivity index (χ1n) is 5.92. The third kappa shape index (κ3) is 2.05. The molecule has 0 N–H and O–H groups in total. The Balaban J connectivity index is 1.81. The fourth-order valence-corrected chi connectivity index (χ4v) is 2.76. The van der Waals surface area contributed by atoms with Crippen LogP contribution in [0, 0.1) is 0 Å². The van der Waals surface area contributed by atoms with Gasteiger partial charge in [-0.3, -0.25) is 4.90 Å². The first-order valence-corrected chi connectivity index (χ1v) is 5.92. The molecule has 13 heavy (non-hydrogen) atoms. The van der Waals surface area contributed by atoms with Gasteiger partial charge in [-0.05, 0) is 12.8 Å². The summed E-state index contributed by atoms with van der Waals surface area (Å²) >= 11 is 0.